The van der Waals surface area contributed by atoms with Crippen molar-refractivity contribution >= 4 is 23.1 Å². The minimum atomic E-state index is -0.460. The third-order valence-electron chi connectivity index (χ3n) is 4.26. The van der Waals surface area contributed by atoms with Crippen LogP contribution in [0.3, 0.4) is 0 Å². The molecule has 1 saturated heterocycles. The van der Waals surface area contributed by atoms with Crippen molar-refractivity contribution in [2.45, 2.75) is 6.42 Å². The van der Waals surface area contributed by atoms with Crippen molar-refractivity contribution < 1.29 is 18.7 Å². The number of oxazole rings is 1. The van der Waals surface area contributed by atoms with Crippen LogP contribution >= 0.6 is 0 Å². The monoisotopic (exact) mass is 333 g/mol. The largest absolute Gasteiger partial charge is 0.453 e. The van der Waals surface area contributed by atoms with Crippen LogP contribution in [0.4, 0.5) is 4.79 Å². The van der Waals surface area contributed by atoms with Crippen LogP contribution in [0.25, 0.3) is 11.1 Å². The van der Waals surface area contributed by atoms with E-state index in [0.717, 1.165) is 0 Å². The predicted octanol–water partition coefficient (Wildman–Crippen LogP) is 1.05. The van der Waals surface area contributed by atoms with E-state index in [1.54, 1.807) is 35.0 Å². The number of rotatable bonds is 1. The van der Waals surface area contributed by atoms with Gasteiger partial charge in [-0.1, -0.05) is 0 Å². The standard InChI is InChI=1S/C16H19N3O5/c1-17-12-5-4-11(10-13(12)24-15(17)21)14(20)18-6-3-7-19(9-8-18)16(22)23-2/h4-5,10H,3,6-9H2,1-2H3. The summed E-state index contributed by atoms with van der Waals surface area (Å²) in [5.41, 5.74) is 1.49. The summed E-state index contributed by atoms with van der Waals surface area (Å²) >= 11 is 0. The molecule has 1 aliphatic rings. The van der Waals surface area contributed by atoms with Crippen molar-refractivity contribution in [3.8, 4) is 0 Å². The van der Waals surface area contributed by atoms with Crippen molar-refractivity contribution in [3.05, 3.63) is 34.3 Å². The predicted molar refractivity (Wildman–Crippen MR) is 86.0 cm³/mol. The molecule has 0 N–H and O–H groups in total. The van der Waals surface area contributed by atoms with E-state index in [4.69, 9.17) is 9.15 Å². The highest BCUT2D eigenvalue weighted by molar-refractivity contribution is 5.97. The van der Waals surface area contributed by atoms with Gasteiger partial charge in [0, 0.05) is 38.8 Å². The highest BCUT2D eigenvalue weighted by Crippen LogP contribution is 2.17. The topological polar surface area (TPSA) is 85.0 Å². The molecule has 3 rings (SSSR count). The Labute approximate surface area is 138 Å². The fraction of sp³-hybridized carbons (Fsp3) is 0.438. The van der Waals surface area contributed by atoms with Gasteiger partial charge >= 0.3 is 11.8 Å². The van der Waals surface area contributed by atoms with E-state index in [1.165, 1.54) is 11.7 Å². The number of methoxy groups -OCH3 is 1. The van der Waals surface area contributed by atoms with Gasteiger partial charge in [-0.2, -0.15) is 0 Å². The number of hydrogen-bond donors (Lipinski definition) is 0. The lowest BCUT2D eigenvalue weighted by atomic mass is 10.1. The zero-order chi connectivity index (χ0) is 17.3. The summed E-state index contributed by atoms with van der Waals surface area (Å²) in [6.45, 7) is 1.98. The first-order valence-electron chi connectivity index (χ1n) is 7.73. The van der Waals surface area contributed by atoms with Crippen LogP contribution in [0.15, 0.2) is 27.4 Å². The van der Waals surface area contributed by atoms with Crippen molar-refractivity contribution in [1.82, 2.24) is 14.4 Å². The van der Waals surface area contributed by atoms with E-state index >= 15 is 0 Å². The molecule has 0 unspecified atom stereocenters. The maximum absolute atomic E-state index is 12.7. The number of carbonyl (C=O) groups excluding carboxylic acids is 2. The molecule has 0 spiro atoms. The van der Waals surface area contributed by atoms with Crippen LogP contribution in [-0.4, -0.2) is 59.7 Å². The molecule has 0 aliphatic carbocycles. The van der Waals surface area contributed by atoms with Crippen LogP contribution < -0.4 is 5.76 Å². The van der Waals surface area contributed by atoms with E-state index in [9.17, 15) is 14.4 Å². The molecule has 0 bridgehead atoms. The van der Waals surface area contributed by atoms with Crippen molar-refractivity contribution in [2.75, 3.05) is 33.3 Å². The zero-order valence-corrected chi connectivity index (χ0v) is 13.7. The summed E-state index contributed by atoms with van der Waals surface area (Å²) < 4.78 is 11.3. The number of aryl methyl sites for hydroxylation is 1. The minimum Gasteiger partial charge on any atom is -0.453 e. The maximum Gasteiger partial charge on any atom is 0.419 e. The molecular weight excluding hydrogens is 314 g/mol. The number of carbonyl (C=O) groups is 2. The average Bonchev–Trinajstić information content (AvgIpc) is 2.78. The second-order valence-corrected chi connectivity index (χ2v) is 5.71. The molecule has 1 aliphatic heterocycles. The SMILES string of the molecule is COC(=O)N1CCCN(C(=O)c2ccc3c(c2)oc(=O)n3C)CC1. The van der Waals surface area contributed by atoms with Crippen LogP contribution in [0, 0.1) is 0 Å². The van der Waals surface area contributed by atoms with Crippen molar-refractivity contribution in [3.63, 3.8) is 0 Å². The Morgan fingerprint density at radius 2 is 1.83 bits per heavy atom. The second-order valence-electron chi connectivity index (χ2n) is 5.71. The van der Waals surface area contributed by atoms with Gasteiger partial charge in [-0.25, -0.2) is 9.59 Å². The molecule has 1 fully saturated rings. The summed E-state index contributed by atoms with van der Waals surface area (Å²) in [5.74, 6) is -0.604. The molecule has 2 heterocycles. The van der Waals surface area contributed by atoms with Gasteiger partial charge in [-0.05, 0) is 24.6 Å². The fourth-order valence-electron chi connectivity index (χ4n) is 2.88. The Kier molecular flexibility index (Phi) is 4.28. The number of nitrogens with zero attached hydrogens (tertiary/aromatic N) is 3. The highest BCUT2D eigenvalue weighted by atomic mass is 16.5. The molecule has 0 atom stereocenters. The van der Waals surface area contributed by atoms with E-state index in [-0.39, 0.29) is 12.0 Å². The van der Waals surface area contributed by atoms with Crippen LogP contribution in [0.1, 0.15) is 16.8 Å². The Morgan fingerprint density at radius 3 is 2.58 bits per heavy atom. The Bertz CT molecular complexity index is 838. The Morgan fingerprint density at radius 1 is 1.12 bits per heavy atom. The van der Waals surface area contributed by atoms with Crippen LogP contribution in [-0.2, 0) is 11.8 Å². The zero-order valence-electron chi connectivity index (χ0n) is 13.7. The number of amides is 2. The van der Waals surface area contributed by atoms with Crippen LogP contribution in [0.5, 0.6) is 0 Å². The van der Waals surface area contributed by atoms with Crippen molar-refractivity contribution in [2.24, 2.45) is 7.05 Å². The maximum atomic E-state index is 12.7. The van der Waals surface area contributed by atoms with E-state index in [2.05, 4.69) is 0 Å². The number of fused-ring (bicyclic) bond motifs is 1. The number of aromatic nitrogens is 1. The summed E-state index contributed by atoms with van der Waals surface area (Å²) in [5, 5.41) is 0. The molecule has 2 amide bonds. The lowest BCUT2D eigenvalue weighted by Crippen LogP contribution is -2.37. The number of benzene rings is 1. The summed E-state index contributed by atoms with van der Waals surface area (Å²) in [7, 11) is 2.96. The number of hydrogen-bond acceptors (Lipinski definition) is 5. The Hall–Kier alpha value is -2.77. The van der Waals surface area contributed by atoms with Gasteiger partial charge in [0.25, 0.3) is 5.91 Å². The first kappa shape index (κ1) is 16.1. The Balaban J connectivity index is 1.79. The third-order valence-corrected chi connectivity index (χ3v) is 4.26. The molecule has 1 aromatic heterocycles. The summed E-state index contributed by atoms with van der Waals surface area (Å²) in [6, 6.07) is 4.97. The highest BCUT2D eigenvalue weighted by Gasteiger charge is 2.23. The minimum absolute atomic E-state index is 0.143. The molecule has 0 saturated carbocycles. The average molecular weight is 333 g/mol. The van der Waals surface area contributed by atoms with Gasteiger partial charge in [-0.15, -0.1) is 0 Å². The quantitative estimate of drug-likeness (QED) is 0.778. The molecule has 24 heavy (non-hydrogen) atoms. The van der Waals surface area contributed by atoms with E-state index in [1.807, 2.05) is 0 Å². The second kappa shape index (κ2) is 6.38. The molecule has 0 radical (unpaired) electrons. The van der Waals surface area contributed by atoms with Gasteiger partial charge in [0.15, 0.2) is 5.58 Å². The summed E-state index contributed by atoms with van der Waals surface area (Å²) in [4.78, 5) is 39.1. The van der Waals surface area contributed by atoms with E-state index in [0.29, 0.717) is 49.3 Å². The first-order valence-corrected chi connectivity index (χ1v) is 7.73. The smallest absolute Gasteiger partial charge is 0.419 e. The lowest BCUT2D eigenvalue weighted by molar-refractivity contribution is 0.0757. The molecule has 1 aromatic carbocycles. The molecule has 128 valence electrons. The fourth-order valence-corrected chi connectivity index (χ4v) is 2.88. The van der Waals surface area contributed by atoms with E-state index < -0.39 is 5.76 Å². The van der Waals surface area contributed by atoms with Gasteiger partial charge in [0.05, 0.1) is 12.6 Å². The summed E-state index contributed by atoms with van der Waals surface area (Å²) in [6.07, 6.45) is 0.306. The molecule has 8 heteroatoms. The van der Waals surface area contributed by atoms with Gasteiger partial charge in [0.1, 0.15) is 0 Å². The molecule has 2 aromatic rings. The van der Waals surface area contributed by atoms with Crippen LogP contribution in [0.2, 0.25) is 0 Å². The van der Waals surface area contributed by atoms with Gasteiger partial charge in [-0.3, -0.25) is 9.36 Å². The van der Waals surface area contributed by atoms with Gasteiger partial charge < -0.3 is 19.0 Å². The number of ether oxygens (including phenoxy) is 1. The third kappa shape index (κ3) is 2.86. The molecule has 8 nitrogen and oxygen atoms in total. The lowest BCUT2D eigenvalue weighted by Gasteiger charge is -2.21. The first-order chi connectivity index (χ1) is 11.5. The van der Waals surface area contributed by atoms with Crippen molar-refractivity contribution in [1.29, 1.82) is 0 Å². The van der Waals surface area contributed by atoms with Gasteiger partial charge in [0.2, 0.25) is 0 Å². The molecular formula is C16H19N3O5. The normalized spacial score (nSPS) is 15.4.